The van der Waals surface area contributed by atoms with Gasteiger partial charge in [-0.2, -0.15) is 0 Å². The molecule has 1 heterocycles. The van der Waals surface area contributed by atoms with E-state index in [-0.39, 0.29) is 22.7 Å². The van der Waals surface area contributed by atoms with E-state index in [1.807, 2.05) is 32.0 Å². The number of benzene rings is 1. The maximum atomic E-state index is 12.2. The molecule has 0 spiro atoms. The molecule has 6 heteroatoms. The minimum atomic E-state index is -2.89. The normalized spacial score (nSPS) is 20.6. The molecule has 1 aromatic rings. The van der Waals surface area contributed by atoms with Gasteiger partial charge in [0.1, 0.15) is 0 Å². The number of rotatable bonds is 5. The van der Waals surface area contributed by atoms with Crippen molar-refractivity contribution in [3.8, 4) is 0 Å². The molecule has 116 valence electrons. The standard InChI is InChI=1S/C15H21NO3S2/c1-11(2)9-16-15(17)13-5-3-4-6-14(13)20-12-7-8-21(18,19)10-12/h3-6,11-12H,7-10H2,1-2H3,(H,16,17)/t12-/m0/s1. The van der Waals surface area contributed by atoms with Gasteiger partial charge in [-0.25, -0.2) is 8.42 Å². The molecule has 1 N–H and O–H groups in total. The van der Waals surface area contributed by atoms with Crippen LogP contribution in [0.15, 0.2) is 29.2 Å². The van der Waals surface area contributed by atoms with Crippen LogP contribution in [-0.2, 0) is 9.84 Å². The highest BCUT2D eigenvalue weighted by atomic mass is 32.2. The molecule has 0 saturated carbocycles. The van der Waals surface area contributed by atoms with Crippen LogP contribution in [-0.4, -0.2) is 37.6 Å². The third kappa shape index (κ3) is 4.74. The lowest BCUT2D eigenvalue weighted by molar-refractivity contribution is 0.0946. The number of amides is 1. The Morgan fingerprint density at radius 3 is 2.71 bits per heavy atom. The third-order valence-electron chi connectivity index (χ3n) is 3.29. The minimum absolute atomic E-state index is 0.0500. The zero-order valence-electron chi connectivity index (χ0n) is 12.3. The van der Waals surface area contributed by atoms with Crippen molar-refractivity contribution in [1.82, 2.24) is 5.32 Å². The van der Waals surface area contributed by atoms with Crippen LogP contribution in [0.25, 0.3) is 0 Å². The molecule has 0 bridgehead atoms. The van der Waals surface area contributed by atoms with Crippen LogP contribution < -0.4 is 5.32 Å². The quantitative estimate of drug-likeness (QED) is 0.902. The summed E-state index contributed by atoms with van der Waals surface area (Å²) < 4.78 is 23.1. The molecular formula is C15H21NO3S2. The van der Waals surface area contributed by atoms with Gasteiger partial charge >= 0.3 is 0 Å². The molecule has 1 aliphatic heterocycles. The van der Waals surface area contributed by atoms with Crippen molar-refractivity contribution >= 4 is 27.5 Å². The van der Waals surface area contributed by atoms with Gasteiger partial charge in [0.25, 0.3) is 5.91 Å². The van der Waals surface area contributed by atoms with E-state index in [4.69, 9.17) is 0 Å². The van der Waals surface area contributed by atoms with Crippen molar-refractivity contribution in [2.75, 3.05) is 18.1 Å². The smallest absolute Gasteiger partial charge is 0.252 e. The predicted octanol–water partition coefficient (Wildman–Crippen LogP) is 2.35. The highest BCUT2D eigenvalue weighted by Gasteiger charge is 2.29. The molecule has 0 radical (unpaired) electrons. The number of nitrogens with one attached hydrogen (secondary N) is 1. The van der Waals surface area contributed by atoms with Gasteiger partial charge in [-0.3, -0.25) is 4.79 Å². The van der Waals surface area contributed by atoms with Gasteiger partial charge in [0, 0.05) is 16.7 Å². The van der Waals surface area contributed by atoms with Crippen LogP contribution in [0, 0.1) is 5.92 Å². The summed E-state index contributed by atoms with van der Waals surface area (Å²) in [7, 11) is -2.89. The summed E-state index contributed by atoms with van der Waals surface area (Å²) in [5.41, 5.74) is 0.632. The lowest BCUT2D eigenvalue weighted by Crippen LogP contribution is -2.27. The monoisotopic (exact) mass is 327 g/mol. The van der Waals surface area contributed by atoms with Gasteiger partial charge in [0.05, 0.1) is 17.1 Å². The number of thioether (sulfide) groups is 1. The maximum absolute atomic E-state index is 12.2. The van der Waals surface area contributed by atoms with Crippen molar-refractivity contribution < 1.29 is 13.2 Å². The number of sulfone groups is 1. The zero-order valence-corrected chi connectivity index (χ0v) is 14.0. The van der Waals surface area contributed by atoms with Gasteiger partial charge in [-0.15, -0.1) is 11.8 Å². The molecular weight excluding hydrogens is 306 g/mol. The molecule has 1 aromatic carbocycles. The van der Waals surface area contributed by atoms with Crippen LogP contribution in [0.1, 0.15) is 30.6 Å². The molecule has 1 atom stereocenters. The van der Waals surface area contributed by atoms with Gasteiger partial charge < -0.3 is 5.32 Å². The van der Waals surface area contributed by atoms with E-state index in [0.717, 1.165) is 4.90 Å². The second-order valence-electron chi connectivity index (χ2n) is 5.74. The summed E-state index contributed by atoms with van der Waals surface area (Å²) in [5.74, 6) is 0.771. The molecule has 1 fully saturated rings. The summed E-state index contributed by atoms with van der Waals surface area (Å²) in [6.07, 6.45) is 0.662. The fraction of sp³-hybridized carbons (Fsp3) is 0.533. The summed E-state index contributed by atoms with van der Waals surface area (Å²) in [5, 5.41) is 2.96. The number of hydrogen-bond acceptors (Lipinski definition) is 4. The fourth-order valence-electron chi connectivity index (χ4n) is 2.18. The highest BCUT2D eigenvalue weighted by molar-refractivity contribution is 8.02. The van der Waals surface area contributed by atoms with Gasteiger partial charge in [-0.1, -0.05) is 26.0 Å². The average Bonchev–Trinajstić information content (AvgIpc) is 2.76. The summed E-state index contributed by atoms with van der Waals surface area (Å²) in [6.45, 7) is 4.73. The Morgan fingerprint density at radius 1 is 1.38 bits per heavy atom. The van der Waals surface area contributed by atoms with E-state index < -0.39 is 9.84 Å². The fourth-order valence-corrected chi connectivity index (χ4v) is 5.81. The van der Waals surface area contributed by atoms with E-state index in [1.165, 1.54) is 11.8 Å². The van der Waals surface area contributed by atoms with Crippen molar-refractivity contribution in [2.24, 2.45) is 5.92 Å². The van der Waals surface area contributed by atoms with Gasteiger partial charge in [-0.05, 0) is 24.5 Å². The van der Waals surface area contributed by atoms with Crippen LogP contribution in [0.5, 0.6) is 0 Å². The largest absolute Gasteiger partial charge is 0.352 e. The molecule has 0 aliphatic carbocycles. The number of carbonyl (C=O) groups is 1. The molecule has 1 aliphatic rings. The van der Waals surface area contributed by atoms with E-state index >= 15 is 0 Å². The average molecular weight is 327 g/mol. The molecule has 0 unspecified atom stereocenters. The lowest BCUT2D eigenvalue weighted by atomic mass is 10.2. The molecule has 2 rings (SSSR count). The van der Waals surface area contributed by atoms with E-state index in [2.05, 4.69) is 5.32 Å². The summed E-state index contributed by atoms with van der Waals surface area (Å²) in [4.78, 5) is 13.1. The van der Waals surface area contributed by atoms with Gasteiger partial charge in [0.2, 0.25) is 0 Å². The Bertz CT molecular complexity index is 611. The topological polar surface area (TPSA) is 63.2 Å². The first-order valence-electron chi connectivity index (χ1n) is 7.11. The first kappa shape index (κ1) is 16.4. The Hall–Kier alpha value is -1.01. The van der Waals surface area contributed by atoms with E-state index in [9.17, 15) is 13.2 Å². The highest BCUT2D eigenvalue weighted by Crippen LogP contribution is 2.32. The first-order chi connectivity index (χ1) is 9.87. The van der Waals surface area contributed by atoms with E-state index in [0.29, 0.717) is 24.4 Å². The second-order valence-corrected chi connectivity index (χ2v) is 9.31. The van der Waals surface area contributed by atoms with Crippen molar-refractivity contribution in [1.29, 1.82) is 0 Å². The Morgan fingerprint density at radius 2 is 2.10 bits per heavy atom. The van der Waals surface area contributed by atoms with Crippen LogP contribution in [0.3, 0.4) is 0 Å². The van der Waals surface area contributed by atoms with Crippen LogP contribution in [0.4, 0.5) is 0 Å². The Kier molecular flexibility index (Phi) is 5.32. The Labute approximate surface area is 130 Å². The SMILES string of the molecule is CC(C)CNC(=O)c1ccccc1S[C@H]1CCS(=O)(=O)C1. The summed E-state index contributed by atoms with van der Waals surface area (Å²) >= 11 is 1.50. The van der Waals surface area contributed by atoms with Gasteiger partial charge in [0.15, 0.2) is 9.84 Å². The molecule has 21 heavy (non-hydrogen) atoms. The van der Waals surface area contributed by atoms with Crippen molar-refractivity contribution in [3.05, 3.63) is 29.8 Å². The van der Waals surface area contributed by atoms with Crippen molar-refractivity contribution in [2.45, 2.75) is 30.4 Å². The second kappa shape index (κ2) is 6.83. The summed E-state index contributed by atoms with van der Waals surface area (Å²) in [6, 6.07) is 7.39. The first-order valence-corrected chi connectivity index (χ1v) is 9.82. The molecule has 1 saturated heterocycles. The van der Waals surface area contributed by atoms with Crippen molar-refractivity contribution in [3.63, 3.8) is 0 Å². The predicted molar refractivity (Wildman–Crippen MR) is 86.5 cm³/mol. The van der Waals surface area contributed by atoms with E-state index in [1.54, 1.807) is 6.07 Å². The lowest BCUT2D eigenvalue weighted by Gasteiger charge is -2.13. The molecule has 0 aromatic heterocycles. The third-order valence-corrected chi connectivity index (χ3v) is 6.61. The zero-order chi connectivity index (χ0) is 15.5. The molecule has 4 nitrogen and oxygen atoms in total. The van der Waals surface area contributed by atoms with Crippen LogP contribution in [0.2, 0.25) is 0 Å². The maximum Gasteiger partial charge on any atom is 0.252 e. The Balaban J connectivity index is 2.08. The number of carbonyl (C=O) groups excluding carboxylic acids is 1. The van der Waals surface area contributed by atoms with Crippen LogP contribution >= 0.6 is 11.8 Å². The number of hydrogen-bond donors (Lipinski definition) is 1. The minimum Gasteiger partial charge on any atom is -0.352 e. The molecule has 1 amide bonds.